The molecule has 168 valence electrons. The van der Waals surface area contributed by atoms with Gasteiger partial charge in [-0.3, -0.25) is 9.59 Å². The highest BCUT2D eigenvalue weighted by Gasteiger charge is 2.46. The van der Waals surface area contributed by atoms with E-state index < -0.39 is 17.7 Å². The van der Waals surface area contributed by atoms with Crippen molar-refractivity contribution in [1.82, 2.24) is 4.90 Å². The summed E-state index contributed by atoms with van der Waals surface area (Å²) in [5.41, 5.74) is 3.62. The number of likely N-dealkylation sites (tertiary alicyclic amines) is 1. The Morgan fingerprint density at radius 2 is 1.73 bits per heavy atom. The van der Waals surface area contributed by atoms with Gasteiger partial charge in [0, 0.05) is 12.1 Å². The molecule has 1 atom stereocenters. The molecule has 1 aliphatic heterocycles. The quantitative estimate of drug-likeness (QED) is 0.341. The van der Waals surface area contributed by atoms with Gasteiger partial charge in [-0.2, -0.15) is 0 Å². The van der Waals surface area contributed by atoms with E-state index in [2.05, 4.69) is 0 Å². The predicted molar refractivity (Wildman–Crippen MR) is 125 cm³/mol. The Labute approximate surface area is 192 Å². The van der Waals surface area contributed by atoms with Crippen molar-refractivity contribution < 1.29 is 24.5 Å². The highest BCUT2D eigenvalue weighted by molar-refractivity contribution is 6.46. The van der Waals surface area contributed by atoms with Gasteiger partial charge in [0.2, 0.25) is 0 Å². The van der Waals surface area contributed by atoms with Crippen molar-refractivity contribution in [2.75, 3.05) is 7.11 Å². The maximum atomic E-state index is 13.2. The second-order valence-corrected chi connectivity index (χ2v) is 8.16. The lowest BCUT2D eigenvalue weighted by atomic mass is 9.93. The summed E-state index contributed by atoms with van der Waals surface area (Å²) >= 11 is 0. The SMILES string of the molecule is COc1cc(C2/C(=C(\O)c3cc(C)ccc3C)C(=O)C(=O)N2Cc2ccccc2)ccc1O. The zero-order valence-corrected chi connectivity index (χ0v) is 18.7. The van der Waals surface area contributed by atoms with Gasteiger partial charge >= 0.3 is 0 Å². The molecule has 0 saturated carbocycles. The maximum Gasteiger partial charge on any atom is 0.295 e. The lowest BCUT2D eigenvalue weighted by Gasteiger charge is -2.26. The van der Waals surface area contributed by atoms with Gasteiger partial charge in [0.15, 0.2) is 11.5 Å². The van der Waals surface area contributed by atoms with Gasteiger partial charge in [0.25, 0.3) is 11.7 Å². The van der Waals surface area contributed by atoms with E-state index in [0.29, 0.717) is 11.1 Å². The van der Waals surface area contributed by atoms with Crippen LogP contribution in [0.3, 0.4) is 0 Å². The molecule has 3 aromatic rings. The van der Waals surface area contributed by atoms with E-state index >= 15 is 0 Å². The first-order valence-corrected chi connectivity index (χ1v) is 10.6. The van der Waals surface area contributed by atoms with Crippen molar-refractivity contribution >= 4 is 17.4 Å². The van der Waals surface area contributed by atoms with Crippen molar-refractivity contribution in [3.63, 3.8) is 0 Å². The number of aliphatic hydroxyl groups is 1. The fraction of sp³-hybridized carbons (Fsp3) is 0.185. The van der Waals surface area contributed by atoms with E-state index in [4.69, 9.17) is 4.74 Å². The first kappa shape index (κ1) is 22.1. The molecule has 1 unspecified atom stereocenters. The average Bonchev–Trinajstić information content (AvgIpc) is 3.06. The molecule has 1 fully saturated rings. The second kappa shape index (κ2) is 8.82. The highest BCUT2D eigenvalue weighted by atomic mass is 16.5. The molecule has 3 aromatic carbocycles. The van der Waals surface area contributed by atoms with Crippen LogP contribution in [0.4, 0.5) is 0 Å². The topological polar surface area (TPSA) is 87.1 Å². The molecule has 0 aliphatic carbocycles. The molecule has 6 nitrogen and oxygen atoms in total. The van der Waals surface area contributed by atoms with E-state index in [0.717, 1.165) is 16.7 Å². The number of Topliss-reactive ketones (excluding diaryl/α,β-unsaturated/α-hetero) is 1. The van der Waals surface area contributed by atoms with E-state index in [-0.39, 0.29) is 29.4 Å². The molecule has 0 aromatic heterocycles. The van der Waals surface area contributed by atoms with Crippen LogP contribution in [0.1, 0.15) is 33.9 Å². The molecule has 0 bridgehead atoms. The number of amides is 1. The van der Waals surface area contributed by atoms with Gasteiger partial charge < -0.3 is 19.8 Å². The Hall–Kier alpha value is -4.06. The number of carbonyl (C=O) groups excluding carboxylic acids is 2. The highest BCUT2D eigenvalue weighted by Crippen LogP contribution is 2.42. The number of phenols is 1. The van der Waals surface area contributed by atoms with Crippen LogP contribution in [0.2, 0.25) is 0 Å². The van der Waals surface area contributed by atoms with E-state index in [1.165, 1.54) is 18.1 Å². The fourth-order valence-electron chi connectivity index (χ4n) is 4.17. The predicted octanol–water partition coefficient (Wildman–Crippen LogP) is 4.64. The molecular formula is C27H25NO5. The van der Waals surface area contributed by atoms with E-state index in [1.807, 2.05) is 56.3 Å². The summed E-state index contributed by atoms with van der Waals surface area (Å²) in [7, 11) is 1.43. The lowest BCUT2D eigenvalue weighted by molar-refractivity contribution is -0.140. The number of carbonyl (C=O) groups is 2. The van der Waals surface area contributed by atoms with Crippen LogP contribution >= 0.6 is 0 Å². The number of aliphatic hydroxyl groups excluding tert-OH is 1. The lowest BCUT2D eigenvalue weighted by Crippen LogP contribution is -2.29. The Balaban J connectivity index is 1.93. The minimum Gasteiger partial charge on any atom is -0.507 e. The molecule has 6 heteroatoms. The van der Waals surface area contributed by atoms with Crippen LogP contribution in [-0.2, 0) is 16.1 Å². The standard InChI is InChI=1S/C27H25NO5/c1-16-9-10-17(2)20(13-16)25(30)23-24(19-11-12-21(29)22(14-19)33-3)28(27(32)26(23)31)15-18-7-5-4-6-8-18/h4-14,24,29-30H,15H2,1-3H3/b25-23+. The summed E-state index contributed by atoms with van der Waals surface area (Å²) < 4.78 is 5.25. The van der Waals surface area contributed by atoms with Crippen LogP contribution in [0.15, 0.2) is 72.3 Å². The molecule has 1 heterocycles. The van der Waals surface area contributed by atoms with E-state index in [9.17, 15) is 19.8 Å². The van der Waals surface area contributed by atoms with Crippen LogP contribution in [0, 0.1) is 13.8 Å². The van der Waals surface area contributed by atoms with Crippen LogP contribution < -0.4 is 4.74 Å². The zero-order chi connectivity index (χ0) is 23.7. The number of aromatic hydroxyl groups is 1. The molecule has 4 rings (SSSR count). The number of ether oxygens (including phenoxy) is 1. The van der Waals surface area contributed by atoms with Crippen molar-refractivity contribution in [1.29, 1.82) is 0 Å². The third-order valence-electron chi connectivity index (χ3n) is 5.90. The zero-order valence-electron chi connectivity index (χ0n) is 18.7. The van der Waals surface area contributed by atoms with Gasteiger partial charge in [-0.05, 0) is 48.7 Å². The summed E-state index contributed by atoms with van der Waals surface area (Å²) in [6.45, 7) is 3.92. The van der Waals surface area contributed by atoms with Gasteiger partial charge in [-0.15, -0.1) is 0 Å². The van der Waals surface area contributed by atoms with Crippen molar-refractivity contribution in [3.05, 3.63) is 100 Å². The number of aryl methyl sites for hydroxylation is 2. The minimum atomic E-state index is -0.848. The van der Waals surface area contributed by atoms with Gasteiger partial charge in [-0.1, -0.05) is 54.1 Å². The number of hydrogen-bond acceptors (Lipinski definition) is 5. The first-order valence-electron chi connectivity index (χ1n) is 10.6. The number of hydrogen-bond donors (Lipinski definition) is 2. The van der Waals surface area contributed by atoms with Crippen LogP contribution in [0.5, 0.6) is 11.5 Å². The van der Waals surface area contributed by atoms with E-state index in [1.54, 1.807) is 18.2 Å². The van der Waals surface area contributed by atoms with Crippen LogP contribution in [0.25, 0.3) is 5.76 Å². The minimum absolute atomic E-state index is 0.0115. The molecular weight excluding hydrogens is 418 g/mol. The molecule has 2 N–H and O–H groups in total. The fourth-order valence-corrected chi connectivity index (χ4v) is 4.17. The summed E-state index contributed by atoms with van der Waals surface area (Å²) in [6, 6.07) is 18.7. The Bertz CT molecular complexity index is 1260. The maximum absolute atomic E-state index is 13.2. The Morgan fingerprint density at radius 1 is 1.00 bits per heavy atom. The Morgan fingerprint density at radius 3 is 2.42 bits per heavy atom. The normalized spacial score (nSPS) is 17.4. The summed E-state index contributed by atoms with van der Waals surface area (Å²) in [5.74, 6) is -1.51. The number of ketones is 1. The second-order valence-electron chi connectivity index (χ2n) is 8.16. The number of benzene rings is 3. The average molecular weight is 443 g/mol. The van der Waals surface area contributed by atoms with Crippen molar-refractivity contribution in [3.8, 4) is 11.5 Å². The third kappa shape index (κ3) is 4.07. The number of methoxy groups -OCH3 is 1. The summed E-state index contributed by atoms with van der Waals surface area (Å²) in [5, 5.41) is 21.4. The summed E-state index contributed by atoms with van der Waals surface area (Å²) in [6.07, 6.45) is 0. The van der Waals surface area contributed by atoms with Crippen molar-refractivity contribution in [2.45, 2.75) is 26.4 Å². The first-order chi connectivity index (χ1) is 15.8. The molecule has 33 heavy (non-hydrogen) atoms. The molecule has 1 amide bonds. The Kier molecular flexibility index (Phi) is 5.92. The number of rotatable bonds is 5. The smallest absolute Gasteiger partial charge is 0.295 e. The number of nitrogens with zero attached hydrogens (tertiary/aromatic N) is 1. The van der Waals surface area contributed by atoms with Crippen LogP contribution in [-0.4, -0.2) is 33.9 Å². The number of phenolic OH excluding ortho intramolecular Hbond substituents is 1. The van der Waals surface area contributed by atoms with Crippen molar-refractivity contribution in [2.24, 2.45) is 0 Å². The largest absolute Gasteiger partial charge is 0.507 e. The molecule has 1 saturated heterocycles. The molecule has 0 radical (unpaired) electrons. The third-order valence-corrected chi connectivity index (χ3v) is 5.90. The van der Waals surface area contributed by atoms with Gasteiger partial charge in [-0.25, -0.2) is 0 Å². The monoisotopic (exact) mass is 443 g/mol. The molecule has 0 spiro atoms. The van der Waals surface area contributed by atoms with Gasteiger partial charge in [0.05, 0.1) is 18.7 Å². The van der Waals surface area contributed by atoms with Gasteiger partial charge in [0.1, 0.15) is 5.76 Å². The molecule has 1 aliphatic rings. The summed E-state index contributed by atoms with van der Waals surface area (Å²) in [4.78, 5) is 27.8.